The molecule has 0 aromatic carbocycles. The van der Waals surface area contributed by atoms with Crippen LogP contribution in [0.1, 0.15) is 10.5 Å². The van der Waals surface area contributed by atoms with Gasteiger partial charge in [0, 0.05) is 25.1 Å². The van der Waals surface area contributed by atoms with E-state index in [2.05, 4.69) is 20.6 Å². The van der Waals surface area contributed by atoms with E-state index in [4.69, 9.17) is 0 Å². The predicted molar refractivity (Wildman–Crippen MR) is 65.9 cm³/mol. The van der Waals surface area contributed by atoms with Crippen LogP contribution in [-0.4, -0.2) is 22.9 Å². The lowest BCUT2D eigenvalue weighted by Crippen LogP contribution is -2.14. The second-order valence-electron chi connectivity index (χ2n) is 3.49. The van der Waals surface area contributed by atoms with Crippen molar-refractivity contribution in [3.05, 3.63) is 48.3 Å². The summed E-state index contributed by atoms with van der Waals surface area (Å²) in [5, 5.41) is 5.33. The number of halogens is 1. The van der Waals surface area contributed by atoms with Gasteiger partial charge in [0.25, 0.3) is 5.91 Å². The van der Waals surface area contributed by atoms with E-state index >= 15 is 0 Å². The predicted octanol–water partition coefficient (Wildman–Crippen LogP) is 1.91. The minimum atomic E-state index is -0.587. The van der Waals surface area contributed by atoms with Gasteiger partial charge in [-0.1, -0.05) is 0 Å². The number of aromatic nitrogens is 2. The van der Waals surface area contributed by atoms with Crippen molar-refractivity contribution >= 4 is 17.3 Å². The first kappa shape index (κ1) is 12.0. The molecular weight excluding hydrogens is 235 g/mol. The fraction of sp³-hybridized carbons (Fsp3) is 0.0833. The zero-order valence-corrected chi connectivity index (χ0v) is 9.64. The van der Waals surface area contributed by atoms with E-state index in [0.29, 0.717) is 0 Å². The molecule has 92 valence electrons. The largest absolute Gasteiger partial charge is 0.388 e. The van der Waals surface area contributed by atoms with Gasteiger partial charge in [0.15, 0.2) is 5.82 Å². The molecule has 2 N–H and O–H groups in total. The highest BCUT2D eigenvalue weighted by molar-refractivity contribution is 6.03. The molecule has 0 aliphatic rings. The summed E-state index contributed by atoms with van der Waals surface area (Å²) in [7, 11) is 1.74. The Labute approximate surface area is 103 Å². The summed E-state index contributed by atoms with van der Waals surface area (Å²) >= 11 is 0. The third kappa shape index (κ3) is 2.60. The quantitative estimate of drug-likeness (QED) is 0.868. The van der Waals surface area contributed by atoms with Crippen LogP contribution in [0.25, 0.3) is 0 Å². The standard InChI is InChI=1S/C12H11FN4O/c1-14-8-2-5-16-11(6-8)12(18)17-10-3-4-15-7-9(10)13/h2-7H,1H3,(H,14,16)(H,15,17,18). The zero-order chi connectivity index (χ0) is 13.0. The number of hydrogen-bond acceptors (Lipinski definition) is 4. The molecule has 2 aromatic heterocycles. The van der Waals surface area contributed by atoms with Crippen molar-refractivity contribution in [3.8, 4) is 0 Å². The average molecular weight is 246 g/mol. The number of rotatable bonds is 3. The topological polar surface area (TPSA) is 66.9 Å². The van der Waals surface area contributed by atoms with Gasteiger partial charge in [-0.05, 0) is 18.2 Å². The van der Waals surface area contributed by atoms with E-state index in [1.165, 1.54) is 18.5 Å². The van der Waals surface area contributed by atoms with E-state index in [1.54, 1.807) is 19.2 Å². The monoisotopic (exact) mass is 246 g/mol. The van der Waals surface area contributed by atoms with Crippen molar-refractivity contribution in [2.75, 3.05) is 17.7 Å². The van der Waals surface area contributed by atoms with Gasteiger partial charge in [-0.25, -0.2) is 4.39 Å². The minimum absolute atomic E-state index is 0.0756. The molecule has 0 bridgehead atoms. The van der Waals surface area contributed by atoms with Crippen LogP contribution in [0.2, 0.25) is 0 Å². The second-order valence-corrected chi connectivity index (χ2v) is 3.49. The Morgan fingerprint density at radius 1 is 1.33 bits per heavy atom. The molecule has 0 saturated carbocycles. The van der Waals surface area contributed by atoms with Crippen LogP contribution >= 0.6 is 0 Å². The number of pyridine rings is 2. The number of hydrogen-bond donors (Lipinski definition) is 2. The molecule has 0 aliphatic carbocycles. The molecule has 1 amide bonds. The van der Waals surface area contributed by atoms with E-state index < -0.39 is 11.7 Å². The molecule has 0 fully saturated rings. The van der Waals surface area contributed by atoms with Crippen LogP contribution in [-0.2, 0) is 0 Å². The summed E-state index contributed by atoms with van der Waals surface area (Å²) in [5.74, 6) is -1.06. The number of carbonyl (C=O) groups excluding carboxylic acids is 1. The van der Waals surface area contributed by atoms with E-state index in [1.807, 2.05) is 0 Å². The zero-order valence-electron chi connectivity index (χ0n) is 9.64. The Kier molecular flexibility index (Phi) is 3.47. The van der Waals surface area contributed by atoms with Crippen LogP contribution in [0.3, 0.4) is 0 Å². The molecule has 2 aromatic rings. The first-order valence-electron chi connectivity index (χ1n) is 5.25. The van der Waals surface area contributed by atoms with E-state index in [-0.39, 0.29) is 11.4 Å². The maximum Gasteiger partial charge on any atom is 0.274 e. The van der Waals surface area contributed by atoms with Gasteiger partial charge in [-0.15, -0.1) is 0 Å². The third-order valence-electron chi connectivity index (χ3n) is 2.30. The lowest BCUT2D eigenvalue weighted by molar-refractivity contribution is 0.102. The maximum atomic E-state index is 13.3. The molecule has 0 spiro atoms. The van der Waals surface area contributed by atoms with Gasteiger partial charge in [-0.2, -0.15) is 0 Å². The normalized spacial score (nSPS) is 9.89. The number of anilines is 2. The van der Waals surface area contributed by atoms with Crippen LogP contribution in [0.5, 0.6) is 0 Å². The van der Waals surface area contributed by atoms with Gasteiger partial charge >= 0.3 is 0 Å². The molecular formula is C12H11FN4O. The molecule has 6 heteroatoms. The maximum absolute atomic E-state index is 13.3. The minimum Gasteiger partial charge on any atom is -0.388 e. The first-order valence-corrected chi connectivity index (χ1v) is 5.25. The van der Waals surface area contributed by atoms with Crippen LogP contribution in [0.15, 0.2) is 36.8 Å². The fourth-order valence-corrected chi connectivity index (χ4v) is 1.37. The highest BCUT2D eigenvalue weighted by atomic mass is 19.1. The van der Waals surface area contributed by atoms with Crippen molar-refractivity contribution in [1.29, 1.82) is 0 Å². The SMILES string of the molecule is CNc1ccnc(C(=O)Nc2ccncc2F)c1. The molecule has 5 nitrogen and oxygen atoms in total. The Hall–Kier alpha value is -2.50. The number of nitrogens with one attached hydrogen (secondary N) is 2. The molecule has 2 heterocycles. The molecule has 2 rings (SSSR count). The number of nitrogens with zero attached hydrogens (tertiary/aromatic N) is 2. The molecule has 18 heavy (non-hydrogen) atoms. The van der Waals surface area contributed by atoms with Gasteiger partial charge < -0.3 is 10.6 Å². The molecule has 0 unspecified atom stereocenters. The summed E-state index contributed by atoms with van der Waals surface area (Å²) in [5.41, 5.74) is 1.04. The summed E-state index contributed by atoms with van der Waals surface area (Å²) in [6, 6.07) is 4.69. The van der Waals surface area contributed by atoms with Crippen LogP contribution in [0, 0.1) is 5.82 Å². The van der Waals surface area contributed by atoms with E-state index in [0.717, 1.165) is 11.9 Å². The lowest BCUT2D eigenvalue weighted by atomic mass is 10.3. The summed E-state index contributed by atoms with van der Waals surface area (Å²) in [6.07, 6.45) is 3.94. The second kappa shape index (κ2) is 5.22. The fourth-order valence-electron chi connectivity index (χ4n) is 1.37. The first-order chi connectivity index (χ1) is 8.70. The van der Waals surface area contributed by atoms with Gasteiger partial charge in [0.05, 0.1) is 11.9 Å². The molecule has 0 saturated heterocycles. The van der Waals surface area contributed by atoms with Crippen LogP contribution in [0.4, 0.5) is 15.8 Å². The Bertz CT molecular complexity index is 574. The summed E-state index contributed by atoms with van der Waals surface area (Å²) < 4.78 is 13.3. The Morgan fingerprint density at radius 2 is 2.17 bits per heavy atom. The summed E-state index contributed by atoms with van der Waals surface area (Å²) in [4.78, 5) is 19.4. The molecule has 0 radical (unpaired) electrons. The van der Waals surface area contributed by atoms with Crippen molar-refractivity contribution in [3.63, 3.8) is 0 Å². The smallest absolute Gasteiger partial charge is 0.274 e. The van der Waals surface area contributed by atoms with E-state index in [9.17, 15) is 9.18 Å². The summed E-state index contributed by atoms with van der Waals surface area (Å²) in [6.45, 7) is 0. The average Bonchev–Trinajstić information content (AvgIpc) is 2.41. The van der Waals surface area contributed by atoms with Gasteiger partial charge in [0.1, 0.15) is 5.69 Å². The Morgan fingerprint density at radius 3 is 2.89 bits per heavy atom. The Balaban J connectivity index is 2.19. The van der Waals surface area contributed by atoms with Crippen molar-refractivity contribution in [2.24, 2.45) is 0 Å². The van der Waals surface area contributed by atoms with Crippen LogP contribution < -0.4 is 10.6 Å². The van der Waals surface area contributed by atoms with Crippen molar-refractivity contribution in [1.82, 2.24) is 9.97 Å². The van der Waals surface area contributed by atoms with Gasteiger partial charge in [0.2, 0.25) is 0 Å². The van der Waals surface area contributed by atoms with Gasteiger partial charge in [-0.3, -0.25) is 14.8 Å². The number of carbonyl (C=O) groups is 1. The highest BCUT2D eigenvalue weighted by Crippen LogP contribution is 2.13. The molecule has 0 aliphatic heterocycles. The van der Waals surface area contributed by atoms with Crippen molar-refractivity contribution in [2.45, 2.75) is 0 Å². The lowest BCUT2D eigenvalue weighted by Gasteiger charge is -2.06. The highest BCUT2D eigenvalue weighted by Gasteiger charge is 2.10. The van der Waals surface area contributed by atoms with Crippen molar-refractivity contribution < 1.29 is 9.18 Å². The molecule has 0 atom stereocenters. The third-order valence-corrected chi connectivity index (χ3v) is 2.30. The number of amides is 1.